The Morgan fingerprint density at radius 3 is 2.83 bits per heavy atom. The summed E-state index contributed by atoms with van der Waals surface area (Å²) in [6.07, 6.45) is 1.15. The van der Waals surface area contributed by atoms with Gasteiger partial charge in [0.05, 0.1) is 12.0 Å². The number of carbonyl (C=O) groups is 1. The summed E-state index contributed by atoms with van der Waals surface area (Å²) in [5, 5.41) is 3.17. The molecule has 23 heavy (non-hydrogen) atoms. The maximum Gasteiger partial charge on any atom is 0.230 e. The third kappa shape index (κ3) is 4.55. The summed E-state index contributed by atoms with van der Waals surface area (Å²) in [5.74, 6) is 0.658. The molecule has 2 rings (SSSR count). The number of nitrogens with one attached hydrogen (secondary N) is 1. The lowest BCUT2D eigenvalue weighted by atomic mass is 9.81. The summed E-state index contributed by atoms with van der Waals surface area (Å²) in [6.45, 7) is 10.7. The number of hydrogen-bond donors (Lipinski definition) is 1. The summed E-state index contributed by atoms with van der Waals surface area (Å²) in [5.41, 5.74) is 1.77. The Morgan fingerprint density at radius 1 is 1.39 bits per heavy atom. The van der Waals surface area contributed by atoms with E-state index >= 15 is 0 Å². The molecule has 1 saturated heterocycles. The Labute approximate surface area is 140 Å². The molecule has 1 heterocycles. The standard InChI is InChI=1S/C19H30N2O2/c1-15-7-5-6-8-17(15)19(2,3)18(22)20-13-16-9-10-21(14-16)11-12-23-4/h5-8,16H,9-14H2,1-4H3,(H,20,22)/t16-/m0/s1. The highest BCUT2D eigenvalue weighted by Gasteiger charge is 2.32. The molecule has 0 bridgehead atoms. The van der Waals surface area contributed by atoms with E-state index in [1.165, 1.54) is 5.56 Å². The van der Waals surface area contributed by atoms with Crippen LogP contribution in [0.15, 0.2) is 24.3 Å². The van der Waals surface area contributed by atoms with Crippen LogP contribution in [0.4, 0.5) is 0 Å². The molecule has 0 unspecified atom stereocenters. The molecule has 4 nitrogen and oxygen atoms in total. The smallest absolute Gasteiger partial charge is 0.230 e. The number of likely N-dealkylation sites (tertiary alicyclic amines) is 1. The van der Waals surface area contributed by atoms with Crippen molar-refractivity contribution in [2.45, 2.75) is 32.6 Å². The lowest BCUT2D eigenvalue weighted by molar-refractivity contribution is -0.125. The van der Waals surface area contributed by atoms with E-state index in [9.17, 15) is 4.79 Å². The second-order valence-electron chi connectivity index (χ2n) is 7.10. The average molecular weight is 318 g/mol. The van der Waals surface area contributed by atoms with E-state index in [1.807, 2.05) is 26.0 Å². The quantitative estimate of drug-likeness (QED) is 0.839. The highest BCUT2D eigenvalue weighted by Crippen LogP contribution is 2.26. The molecule has 0 aromatic heterocycles. The zero-order valence-electron chi connectivity index (χ0n) is 14.9. The fraction of sp³-hybridized carbons (Fsp3) is 0.632. The maximum atomic E-state index is 12.7. The third-order valence-electron chi connectivity index (χ3n) is 4.92. The number of benzene rings is 1. The van der Waals surface area contributed by atoms with E-state index in [1.54, 1.807) is 7.11 Å². The van der Waals surface area contributed by atoms with Crippen LogP contribution >= 0.6 is 0 Å². The molecule has 1 aliphatic rings. The van der Waals surface area contributed by atoms with Crippen LogP contribution in [0.5, 0.6) is 0 Å². The van der Waals surface area contributed by atoms with Crippen molar-refractivity contribution < 1.29 is 9.53 Å². The summed E-state index contributed by atoms with van der Waals surface area (Å²) in [4.78, 5) is 15.1. The number of amides is 1. The second-order valence-corrected chi connectivity index (χ2v) is 7.10. The number of rotatable bonds is 7. The molecule has 1 N–H and O–H groups in total. The van der Waals surface area contributed by atoms with Crippen molar-refractivity contribution >= 4 is 5.91 Å². The molecule has 4 heteroatoms. The van der Waals surface area contributed by atoms with Crippen molar-refractivity contribution in [2.24, 2.45) is 5.92 Å². The zero-order chi connectivity index (χ0) is 16.9. The molecular weight excluding hydrogens is 288 g/mol. The van der Waals surface area contributed by atoms with Crippen molar-refractivity contribution in [3.05, 3.63) is 35.4 Å². The fourth-order valence-electron chi connectivity index (χ4n) is 3.36. The maximum absolute atomic E-state index is 12.7. The summed E-state index contributed by atoms with van der Waals surface area (Å²) >= 11 is 0. The van der Waals surface area contributed by atoms with Crippen LogP contribution in [0, 0.1) is 12.8 Å². The molecule has 128 valence electrons. The molecule has 0 spiro atoms. The number of hydrogen-bond acceptors (Lipinski definition) is 3. The molecule has 1 fully saturated rings. The molecule has 1 amide bonds. The molecule has 1 aromatic rings. The molecule has 0 radical (unpaired) electrons. The van der Waals surface area contributed by atoms with Gasteiger partial charge in [-0.15, -0.1) is 0 Å². The number of ether oxygens (including phenoxy) is 1. The molecular formula is C19H30N2O2. The normalized spacial score (nSPS) is 19.0. The van der Waals surface area contributed by atoms with Crippen LogP contribution in [0.2, 0.25) is 0 Å². The van der Waals surface area contributed by atoms with Crippen molar-refractivity contribution in [1.82, 2.24) is 10.2 Å². The lowest BCUT2D eigenvalue weighted by Gasteiger charge is -2.26. The van der Waals surface area contributed by atoms with Gasteiger partial charge in [0.1, 0.15) is 0 Å². The molecule has 0 aliphatic carbocycles. The van der Waals surface area contributed by atoms with E-state index < -0.39 is 5.41 Å². The summed E-state index contributed by atoms with van der Waals surface area (Å²) < 4.78 is 5.13. The van der Waals surface area contributed by atoms with Crippen LogP contribution in [-0.4, -0.2) is 50.7 Å². The largest absolute Gasteiger partial charge is 0.383 e. The van der Waals surface area contributed by atoms with Crippen molar-refractivity contribution in [3.63, 3.8) is 0 Å². The first-order valence-electron chi connectivity index (χ1n) is 8.51. The minimum atomic E-state index is -0.500. The van der Waals surface area contributed by atoms with Gasteiger partial charge in [-0.05, 0) is 50.8 Å². The van der Waals surface area contributed by atoms with Crippen LogP contribution in [0.3, 0.4) is 0 Å². The van der Waals surface area contributed by atoms with Crippen LogP contribution in [-0.2, 0) is 14.9 Å². The number of aryl methyl sites for hydroxylation is 1. The first-order valence-corrected chi connectivity index (χ1v) is 8.51. The van der Waals surface area contributed by atoms with Crippen LogP contribution in [0.25, 0.3) is 0 Å². The van der Waals surface area contributed by atoms with Gasteiger partial charge in [0.15, 0.2) is 0 Å². The van der Waals surface area contributed by atoms with E-state index in [2.05, 4.69) is 29.3 Å². The van der Waals surface area contributed by atoms with E-state index in [4.69, 9.17) is 4.74 Å². The predicted molar refractivity (Wildman–Crippen MR) is 93.6 cm³/mol. The second kappa shape index (κ2) is 7.93. The topological polar surface area (TPSA) is 41.6 Å². The van der Waals surface area contributed by atoms with E-state index in [0.29, 0.717) is 5.92 Å². The van der Waals surface area contributed by atoms with E-state index in [0.717, 1.165) is 44.8 Å². The van der Waals surface area contributed by atoms with Crippen LogP contribution in [0.1, 0.15) is 31.4 Å². The van der Waals surface area contributed by atoms with E-state index in [-0.39, 0.29) is 5.91 Å². The first kappa shape index (κ1) is 18.0. The van der Waals surface area contributed by atoms with Gasteiger partial charge < -0.3 is 15.0 Å². The van der Waals surface area contributed by atoms with Crippen LogP contribution < -0.4 is 5.32 Å². The van der Waals surface area contributed by atoms with Crippen molar-refractivity contribution in [2.75, 3.05) is 39.9 Å². The zero-order valence-corrected chi connectivity index (χ0v) is 14.9. The summed E-state index contributed by atoms with van der Waals surface area (Å²) in [7, 11) is 1.74. The fourth-order valence-corrected chi connectivity index (χ4v) is 3.36. The molecule has 1 aromatic carbocycles. The third-order valence-corrected chi connectivity index (χ3v) is 4.92. The number of carbonyl (C=O) groups excluding carboxylic acids is 1. The monoisotopic (exact) mass is 318 g/mol. The van der Waals surface area contributed by atoms with Crippen molar-refractivity contribution in [1.29, 1.82) is 0 Å². The molecule has 1 atom stereocenters. The predicted octanol–water partition coefficient (Wildman–Crippen LogP) is 2.36. The Morgan fingerprint density at radius 2 is 2.13 bits per heavy atom. The van der Waals surface area contributed by atoms with Gasteiger partial charge in [-0.3, -0.25) is 4.79 Å². The van der Waals surface area contributed by atoms with Gasteiger partial charge in [0.2, 0.25) is 5.91 Å². The SMILES string of the molecule is COCCN1CC[C@@H](CNC(=O)C(C)(C)c2ccccc2C)C1. The minimum Gasteiger partial charge on any atom is -0.383 e. The number of methoxy groups -OCH3 is 1. The van der Waals surface area contributed by atoms with Gasteiger partial charge in [-0.1, -0.05) is 24.3 Å². The van der Waals surface area contributed by atoms with Crippen molar-refractivity contribution in [3.8, 4) is 0 Å². The van der Waals surface area contributed by atoms with Gasteiger partial charge in [0.25, 0.3) is 0 Å². The molecule has 1 aliphatic heterocycles. The number of nitrogens with zero attached hydrogens (tertiary/aromatic N) is 1. The Kier molecular flexibility index (Phi) is 6.19. The van der Waals surface area contributed by atoms with Gasteiger partial charge >= 0.3 is 0 Å². The first-order chi connectivity index (χ1) is 10.9. The highest BCUT2D eigenvalue weighted by molar-refractivity contribution is 5.87. The van der Waals surface area contributed by atoms with Gasteiger partial charge in [-0.2, -0.15) is 0 Å². The Bertz CT molecular complexity index is 528. The molecule has 0 saturated carbocycles. The minimum absolute atomic E-state index is 0.113. The highest BCUT2D eigenvalue weighted by atomic mass is 16.5. The van der Waals surface area contributed by atoms with Gasteiger partial charge in [0, 0.05) is 26.7 Å². The Balaban J connectivity index is 1.86. The lowest BCUT2D eigenvalue weighted by Crippen LogP contribution is -2.42. The Hall–Kier alpha value is -1.39. The summed E-state index contributed by atoms with van der Waals surface area (Å²) in [6, 6.07) is 8.13. The average Bonchev–Trinajstić information content (AvgIpc) is 2.98. The van der Waals surface area contributed by atoms with Gasteiger partial charge in [-0.25, -0.2) is 0 Å².